The molecule has 1 aromatic rings. The van der Waals surface area contributed by atoms with Crippen LogP contribution >= 0.6 is 0 Å². The summed E-state index contributed by atoms with van der Waals surface area (Å²) in [6.07, 6.45) is 4.50. The van der Waals surface area contributed by atoms with Crippen molar-refractivity contribution in [2.45, 2.75) is 70.6 Å². The van der Waals surface area contributed by atoms with Gasteiger partial charge in [-0.3, -0.25) is 4.79 Å². The standard InChI is InChI=1S/C20H31N3O3/c1-12-10-20(2,3)23(11-12)19-15(18(21)26)14(8-9-22-19)17(25)16(24)13-6-4-5-7-13/h8-9,12-13,16-17,24-25H,4-7,10-11H2,1-3H3,(H2,21,26)/t12-,16?,17?/m0/s1. The van der Waals surface area contributed by atoms with Crippen molar-refractivity contribution in [3.8, 4) is 0 Å². The smallest absolute Gasteiger partial charge is 0.252 e. The Morgan fingerprint density at radius 1 is 1.35 bits per heavy atom. The molecular formula is C20H31N3O3. The summed E-state index contributed by atoms with van der Waals surface area (Å²) >= 11 is 0. The topological polar surface area (TPSA) is 99.7 Å². The minimum Gasteiger partial charge on any atom is -0.390 e. The van der Waals surface area contributed by atoms with Crippen LogP contribution in [0.5, 0.6) is 0 Å². The predicted octanol–water partition coefficient (Wildman–Crippen LogP) is 2.39. The van der Waals surface area contributed by atoms with Gasteiger partial charge < -0.3 is 20.8 Å². The molecule has 1 aromatic heterocycles. The van der Waals surface area contributed by atoms with E-state index in [2.05, 4.69) is 30.7 Å². The molecule has 4 N–H and O–H groups in total. The number of aliphatic hydroxyl groups is 2. The first-order chi connectivity index (χ1) is 12.2. The van der Waals surface area contributed by atoms with E-state index in [-0.39, 0.29) is 17.0 Å². The Labute approximate surface area is 155 Å². The fourth-order valence-electron chi connectivity index (χ4n) is 4.87. The first-order valence-electron chi connectivity index (χ1n) is 9.65. The first-order valence-corrected chi connectivity index (χ1v) is 9.65. The molecule has 2 heterocycles. The number of carbonyl (C=O) groups excluding carboxylic acids is 1. The molecule has 0 radical (unpaired) electrons. The lowest BCUT2D eigenvalue weighted by Gasteiger charge is -2.34. The van der Waals surface area contributed by atoms with E-state index in [1.807, 2.05) is 0 Å². The van der Waals surface area contributed by atoms with Gasteiger partial charge in [0, 0.05) is 23.8 Å². The fraction of sp³-hybridized carbons (Fsp3) is 0.700. The minimum absolute atomic E-state index is 0.0607. The molecule has 6 heteroatoms. The zero-order chi connectivity index (χ0) is 19.1. The van der Waals surface area contributed by atoms with Gasteiger partial charge in [0.05, 0.1) is 11.7 Å². The summed E-state index contributed by atoms with van der Waals surface area (Å²) < 4.78 is 0. The van der Waals surface area contributed by atoms with Crippen LogP contribution in [0.1, 0.15) is 74.9 Å². The normalized spacial score (nSPS) is 25.4. The summed E-state index contributed by atoms with van der Waals surface area (Å²) in [4.78, 5) is 18.9. The summed E-state index contributed by atoms with van der Waals surface area (Å²) in [5, 5.41) is 21.5. The largest absolute Gasteiger partial charge is 0.390 e. The van der Waals surface area contributed by atoms with Gasteiger partial charge in [0.15, 0.2) is 0 Å². The number of aromatic nitrogens is 1. The summed E-state index contributed by atoms with van der Waals surface area (Å²) in [5.41, 5.74) is 6.17. The van der Waals surface area contributed by atoms with Crippen molar-refractivity contribution in [2.75, 3.05) is 11.4 Å². The maximum Gasteiger partial charge on any atom is 0.252 e. The Morgan fingerprint density at radius 2 is 2.00 bits per heavy atom. The zero-order valence-corrected chi connectivity index (χ0v) is 16.0. The first kappa shape index (κ1) is 19.1. The molecule has 1 saturated carbocycles. The summed E-state index contributed by atoms with van der Waals surface area (Å²) in [6, 6.07) is 1.61. The van der Waals surface area contributed by atoms with E-state index >= 15 is 0 Å². The lowest BCUT2D eigenvalue weighted by Crippen LogP contribution is -2.40. The molecule has 6 nitrogen and oxygen atoms in total. The predicted molar refractivity (Wildman–Crippen MR) is 101 cm³/mol. The molecule has 0 bridgehead atoms. The molecule has 1 amide bonds. The van der Waals surface area contributed by atoms with Crippen molar-refractivity contribution < 1.29 is 15.0 Å². The van der Waals surface area contributed by atoms with Gasteiger partial charge in [0.2, 0.25) is 0 Å². The molecule has 3 atom stereocenters. The molecule has 144 valence electrons. The van der Waals surface area contributed by atoms with Crippen LogP contribution in [-0.4, -0.2) is 39.3 Å². The molecule has 1 aliphatic heterocycles. The third-order valence-corrected chi connectivity index (χ3v) is 6.06. The van der Waals surface area contributed by atoms with Gasteiger partial charge in [-0.25, -0.2) is 4.98 Å². The van der Waals surface area contributed by atoms with Crippen LogP contribution in [0, 0.1) is 11.8 Å². The second-order valence-corrected chi connectivity index (χ2v) is 8.68. The van der Waals surface area contributed by atoms with Crippen molar-refractivity contribution in [1.82, 2.24) is 4.98 Å². The Balaban J connectivity index is 2.00. The SMILES string of the molecule is C[C@@H]1CN(c2nccc(C(O)C(O)C3CCCC3)c2C(N)=O)C(C)(C)C1. The second kappa shape index (κ2) is 7.16. The van der Waals surface area contributed by atoms with Crippen LogP contribution in [0.2, 0.25) is 0 Å². The van der Waals surface area contributed by atoms with Crippen LogP contribution < -0.4 is 10.6 Å². The van der Waals surface area contributed by atoms with Gasteiger partial charge in [-0.15, -0.1) is 0 Å². The van der Waals surface area contributed by atoms with Crippen LogP contribution in [-0.2, 0) is 0 Å². The van der Waals surface area contributed by atoms with Crippen LogP contribution in [0.4, 0.5) is 5.82 Å². The average Bonchev–Trinajstić information content (AvgIpc) is 3.19. The molecular weight excluding hydrogens is 330 g/mol. The van der Waals surface area contributed by atoms with Gasteiger partial charge in [-0.2, -0.15) is 0 Å². The highest BCUT2D eigenvalue weighted by atomic mass is 16.3. The molecule has 26 heavy (non-hydrogen) atoms. The highest BCUT2D eigenvalue weighted by Gasteiger charge is 2.40. The molecule has 2 unspecified atom stereocenters. The Bertz CT molecular complexity index is 670. The Morgan fingerprint density at radius 3 is 2.54 bits per heavy atom. The number of hydrogen-bond donors (Lipinski definition) is 3. The molecule has 0 aromatic carbocycles. The summed E-state index contributed by atoms with van der Waals surface area (Å²) in [5.74, 6) is 0.439. The minimum atomic E-state index is -1.13. The van der Waals surface area contributed by atoms with E-state index in [0.717, 1.165) is 38.6 Å². The summed E-state index contributed by atoms with van der Waals surface area (Å²) in [7, 11) is 0. The molecule has 3 rings (SSSR count). The van der Waals surface area contributed by atoms with Gasteiger partial charge in [0.1, 0.15) is 11.9 Å². The third-order valence-electron chi connectivity index (χ3n) is 6.06. The molecule has 1 saturated heterocycles. The fourth-order valence-corrected chi connectivity index (χ4v) is 4.87. The number of carbonyl (C=O) groups is 1. The van der Waals surface area contributed by atoms with Gasteiger partial charge in [0.25, 0.3) is 5.91 Å². The second-order valence-electron chi connectivity index (χ2n) is 8.68. The van der Waals surface area contributed by atoms with Crippen molar-refractivity contribution in [3.05, 3.63) is 23.4 Å². The molecule has 2 aliphatic rings. The van der Waals surface area contributed by atoms with E-state index in [0.29, 0.717) is 17.3 Å². The highest BCUT2D eigenvalue weighted by Crippen LogP contribution is 2.40. The molecule has 0 spiro atoms. The maximum atomic E-state index is 12.3. The average molecular weight is 361 g/mol. The number of amides is 1. The van der Waals surface area contributed by atoms with E-state index in [1.54, 1.807) is 12.3 Å². The number of nitrogens with zero attached hydrogens (tertiary/aromatic N) is 2. The third kappa shape index (κ3) is 3.45. The lowest BCUT2D eigenvalue weighted by molar-refractivity contribution is -0.0173. The highest BCUT2D eigenvalue weighted by molar-refractivity contribution is 5.99. The van der Waals surface area contributed by atoms with E-state index in [9.17, 15) is 15.0 Å². The summed E-state index contributed by atoms with van der Waals surface area (Å²) in [6.45, 7) is 7.21. The van der Waals surface area contributed by atoms with Crippen molar-refractivity contribution in [1.29, 1.82) is 0 Å². The van der Waals surface area contributed by atoms with Crippen molar-refractivity contribution >= 4 is 11.7 Å². The zero-order valence-electron chi connectivity index (χ0n) is 16.0. The van der Waals surface area contributed by atoms with Gasteiger partial charge >= 0.3 is 0 Å². The Hall–Kier alpha value is -1.66. The van der Waals surface area contributed by atoms with Crippen LogP contribution in [0.3, 0.4) is 0 Å². The van der Waals surface area contributed by atoms with E-state index in [1.165, 1.54) is 0 Å². The number of hydrogen-bond acceptors (Lipinski definition) is 5. The number of aliphatic hydroxyl groups excluding tert-OH is 2. The monoisotopic (exact) mass is 361 g/mol. The van der Waals surface area contributed by atoms with Gasteiger partial charge in [-0.1, -0.05) is 19.8 Å². The van der Waals surface area contributed by atoms with Crippen LogP contribution in [0.15, 0.2) is 12.3 Å². The quantitative estimate of drug-likeness (QED) is 0.748. The van der Waals surface area contributed by atoms with Crippen molar-refractivity contribution in [3.63, 3.8) is 0 Å². The Kier molecular flexibility index (Phi) is 5.26. The van der Waals surface area contributed by atoms with Crippen LogP contribution in [0.25, 0.3) is 0 Å². The maximum absolute atomic E-state index is 12.3. The van der Waals surface area contributed by atoms with E-state index < -0.39 is 18.1 Å². The number of nitrogens with two attached hydrogens (primary N) is 1. The van der Waals surface area contributed by atoms with Crippen molar-refractivity contribution in [2.24, 2.45) is 17.6 Å². The lowest BCUT2D eigenvalue weighted by atomic mass is 9.90. The number of pyridine rings is 1. The van der Waals surface area contributed by atoms with Gasteiger partial charge in [-0.05, 0) is 51.0 Å². The molecule has 1 aliphatic carbocycles. The number of anilines is 1. The number of primary amides is 1. The molecule has 2 fully saturated rings. The van der Waals surface area contributed by atoms with E-state index in [4.69, 9.17) is 5.73 Å². The number of rotatable bonds is 5.